The van der Waals surface area contributed by atoms with E-state index in [1.54, 1.807) is 0 Å². The fourth-order valence-corrected chi connectivity index (χ4v) is 1.82. The molecule has 0 aliphatic carbocycles. The zero-order valence-electron chi connectivity index (χ0n) is 11.2. The predicted octanol–water partition coefficient (Wildman–Crippen LogP) is 0.964. The summed E-state index contributed by atoms with van der Waals surface area (Å²) in [5.41, 5.74) is 2.59. The van der Waals surface area contributed by atoms with E-state index in [0.29, 0.717) is 12.0 Å². The average molecular weight is 262 g/mol. The lowest BCUT2D eigenvalue weighted by atomic mass is 10.3. The molecule has 1 unspecified atom stereocenters. The molecule has 0 aliphatic heterocycles. The van der Waals surface area contributed by atoms with E-state index in [0.717, 1.165) is 38.4 Å². The van der Waals surface area contributed by atoms with Crippen LogP contribution in [0.1, 0.15) is 26.7 Å². The highest BCUT2D eigenvalue weighted by atomic mass is 32.2. The maximum Gasteiger partial charge on any atom is 0.205 e. The first-order chi connectivity index (χ1) is 8.24. The first-order valence-corrected chi connectivity index (χ1v) is 7.48. The van der Waals surface area contributed by atoms with Crippen molar-refractivity contribution in [3.05, 3.63) is 0 Å². The lowest BCUT2D eigenvalue weighted by Gasteiger charge is -2.15. The smallest absolute Gasteiger partial charge is 0.205 e. The molecular formula is C11H26N4OS. The molecule has 0 aromatic rings. The molecule has 1 atom stereocenters. The molecule has 0 aliphatic rings. The quantitative estimate of drug-likeness (QED) is 0.190. The molecule has 0 aromatic carbocycles. The highest BCUT2D eigenvalue weighted by Crippen LogP contribution is 1.99. The SMILES string of the molecule is CCOCCCN=C(NN)NC(C)CCSC. The third-order valence-electron chi connectivity index (χ3n) is 2.20. The number of nitrogens with zero attached hydrogens (tertiary/aromatic N) is 1. The van der Waals surface area contributed by atoms with Crippen LogP contribution in [0.2, 0.25) is 0 Å². The van der Waals surface area contributed by atoms with Gasteiger partial charge in [0.15, 0.2) is 0 Å². The number of nitrogens with two attached hydrogens (primary N) is 1. The van der Waals surface area contributed by atoms with Gasteiger partial charge >= 0.3 is 0 Å². The van der Waals surface area contributed by atoms with Gasteiger partial charge in [-0.25, -0.2) is 5.84 Å². The predicted molar refractivity (Wildman–Crippen MR) is 76.3 cm³/mol. The molecule has 0 radical (unpaired) electrons. The van der Waals surface area contributed by atoms with Crippen molar-refractivity contribution in [2.75, 3.05) is 31.8 Å². The van der Waals surface area contributed by atoms with Crippen LogP contribution in [0.15, 0.2) is 4.99 Å². The standard InChI is InChI=1S/C11H26N4OS/c1-4-16-8-5-7-13-11(15-12)14-10(2)6-9-17-3/h10H,4-9,12H2,1-3H3,(H2,13,14,15). The van der Waals surface area contributed by atoms with Gasteiger partial charge in [-0.1, -0.05) is 0 Å². The Morgan fingerprint density at radius 1 is 1.53 bits per heavy atom. The lowest BCUT2D eigenvalue weighted by molar-refractivity contribution is 0.146. The summed E-state index contributed by atoms with van der Waals surface area (Å²) in [5, 5.41) is 3.25. The van der Waals surface area contributed by atoms with Gasteiger partial charge in [-0.3, -0.25) is 10.4 Å². The maximum atomic E-state index is 5.41. The maximum absolute atomic E-state index is 5.41. The highest BCUT2D eigenvalue weighted by molar-refractivity contribution is 7.98. The summed E-state index contributed by atoms with van der Waals surface area (Å²) in [6, 6.07) is 0.379. The number of thioether (sulfide) groups is 1. The van der Waals surface area contributed by atoms with Gasteiger partial charge < -0.3 is 10.1 Å². The number of guanidine groups is 1. The highest BCUT2D eigenvalue weighted by Gasteiger charge is 2.03. The third kappa shape index (κ3) is 10.4. The van der Waals surface area contributed by atoms with Crippen LogP contribution in [0.25, 0.3) is 0 Å². The van der Waals surface area contributed by atoms with Gasteiger partial charge in [-0.2, -0.15) is 11.8 Å². The van der Waals surface area contributed by atoms with Crippen molar-refractivity contribution < 1.29 is 4.74 Å². The van der Waals surface area contributed by atoms with Crippen LogP contribution in [-0.4, -0.2) is 43.8 Å². The van der Waals surface area contributed by atoms with Crippen LogP contribution in [0, 0.1) is 0 Å². The van der Waals surface area contributed by atoms with Crippen molar-refractivity contribution in [3.63, 3.8) is 0 Å². The van der Waals surface area contributed by atoms with Crippen molar-refractivity contribution in [2.24, 2.45) is 10.8 Å². The Morgan fingerprint density at radius 3 is 2.88 bits per heavy atom. The molecule has 0 heterocycles. The molecule has 0 rings (SSSR count). The van der Waals surface area contributed by atoms with Gasteiger partial charge in [0.25, 0.3) is 0 Å². The average Bonchev–Trinajstić information content (AvgIpc) is 2.34. The van der Waals surface area contributed by atoms with Crippen LogP contribution in [0.3, 0.4) is 0 Å². The fraction of sp³-hybridized carbons (Fsp3) is 0.909. The minimum atomic E-state index is 0.379. The van der Waals surface area contributed by atoms with Crippen molar-refractivity contribution in [3.8, 4) is 0 Å². The first-order valence-electron chi connectivity index (χ1n) is 6.08. The van der Waals surface area contributed by atoms with E-state index in [4.69, 9.17) is 10.6 Å². The number of hydrogen-bond donors (Lipinski definition) is 3. The molecule has 4 N–H and O–H groups in total. The minimum Gasteiger partial charge on any atom is -0.382 e. The van der Waals surface area contributed by atoms with Crippen molar-refractivity contribution in [1.29, 1.82) is 0 Å². The van der Waals surface area contributed by atoms with E-state index in [2.05, 4.69) is 28.9 Å². The number of hydrogen-bond acceptors (Lipinski definition) is 4. The van der Waals surface area contributed by atoms with Gasteiger partial charge in [0.05, 0.1) is 0 Å². The summed E-state index contributed by atoms with van der Waals surface area (Å²) >= 11 is 1.84. The van der Waals surface area contributed by atoms with Gasteiger partial charge in [-0.15, -0.1) is 0 Å². The Labute approximate surface area is 109 Å². The summed E-state index contributed by atoms with van der Waals surface area (Å²) in [5.74, 6) is 7.21. The van der Waals surface area contributed by atoms with E-state index in [-0.39, 0.29) is 0 Å². The van der Waals surface area contributed by atoms with E-state index in [1.807, 2.05) is 18.7 Å². The van der Waals surface area contributed by atoms with Crippen LogP contribution in [0.4, 0.5) is 0 Å². The molecule has 6 heteroatoms. The normalized spacial score (nSPS) is 13.5. The lowest BCUT2D eigenvalue weighted by Crippen LogP contribution is -2.45. The Morgan fingerprint density at radius 2 is 2.29 bits per heavy atom. The summed E-state index contributed by atoms with van der Waals surface area (Å²) in [4.78, 5) is 4.34. The minimum absolute atomic E-state index is 0.379. The molecule has 0 fully saturated rings. The monoisotopic (exact) mass is 262 g/mol. The second-order valence-electron chi connectivity index (χ2n) is 3.75. The van der Waals surface area contributed by atoms with Crippen LogP contribution < -0.4 is 16.6 Å². The summed E-state index contributed by atoms with van der Waals surface area (Å²) in [6.45, 7) is 6.35. The molecule has 5 nitrogen and oxygen atoms in total. The number of nitrogens with one attached hydrogen (secondary N) is 2. The number of ether oxygens (including phenoxy) is 1. The van der Waals surface area contributed by atoms with Crippen molar-refractivity contribution in [1.82, 2.24) is 10.7 Å². The molecule has 17 heavy (non-hydrogen) atoms. The Kier molecular flexibility index (Phi) is 11.7. The molecule has 0 bridgehead atoms. The Balaban J connectivity index is 3.75. The van der Waals surface area contributed by atoms with Gasteiger partial charge in [0.2, 0.25) is 5.96 Å². The second-order valence-corrected chi connectivity index (χ2v) is 4.74. The van der Waals surface area contributed by atoms with Gasteiger partial charge in [0.1, 0.15) is 0 Å². The van der Waals surface area contributed by atoms with Gasteiger partial charge in [-0.05, 0) is 38.7 Å². The molecule has 0 spiro atoms. The topological polar surface area (TPSA) is 71.7 Å². The first kappa shape index (κ1) is 16.5. The Hall–Kier alpha value is -0.460. The Bertz CT molecular complexity index is 202. The van der Waals surface area contributed by atoms with Crippen LogP contribution in [0.5, 0.6) is 0 Å². The second kappa shape index (κ2) is 12.0. The number of aliphatic imine (C=N–C) groups is 1. The molecule has 0 saturated carbocycles. The third-order valence-corrected chi connectivity index (χ3v) is 2.84. The molecule has 0 amide bonds. The van der Waals surface area contributed by atoms with Crippen LogP contribution in [-0.2, 0) is 4.74 Å². The number of rotatable bonds is 9. The molecule has 0 aromatic heterocycles. The summed E-state index contributed by atoms with van der Waals surface area (Å²) in [6.07, 6.45) is 4.12. The van der Waals surface area contributed by atoms with E-state index >= 15 is 0 Å². The number of hydrazine groups is 1. The summed E-state index contributed by atoms with van der Waals surface area (Å²) in [7, 11) is 0. The van der Waals surface area contributed by atoms with E-state index in [1.165, 1.54) is 0 Å². The zero-order chi connectivity index (χ0) is 12.9. The van der Waals surface area contributed by atoms with Crippen LogP contribution >= 0.6 is 11.8 Å². The fourth-order valence-electron chi connectivity index (χ4n) is 1.23. The van der Waals surface area contributed by atoms with Gasteiger partial charge in [0, 0.05) is 25.8 Å². The van der Waals surface area contributed by atoms with Crippen molar-refractivity contribution >= 4 is 17.7 Å². The van der Waals surface area contributed by atoms with E-state index in [9.17, 15) is 0 Å². The largest absolute Gasteiger partial charge is 0.382 e. The zero-order valence-corrected chi connectivity index (χ0v) is 12.0. The molecule has 102 valence electrons. The molecule has 0 saturated heterocycles. The summed E-state index contributed by atoms with van der Waals surface area (Å²) < 4.78 is 5.24. The van der Waals surface area contributed by atoms with Crippen molar-refractivity contribution in [2.45, 2.75) is 32.7 Å². The van der Waals surface area contributed by atoms with E-state index < -0.39 is 0 Å². The molecular weight excluding hydrogens is 236 g/mol.